The van der Waals surface area contributed by atoms with Gasteiger partial charge < -0.3 is 15.9 Å². The van der Waals surface area contributed by atoms with E-state index >= 15 is 0 Å². The van der Waals surface area contributed by atoms with Gasteiger partial charge in [0.25, 0.3) is 11.9 Å². The van der Waals surface area contributed by atoms with E-state index in [1.165, 1.54) is 146 Å². The highest BCUT2D eigenvalue weighted by Crippen LogP contribution is 2.15. The molecule has 46 heavy (non-hydrogen) atoms. The van der Waals surface area contributed by atoms with E-state index in [0.717, 1.165) is 39.5 Å². The SMILES string of the molecule is CC(=O)O.CC(=O)O.CCCCCCCCCCCCCCCC(=O)N(CCN)C(=O)CCCCCCCCCCCCCCC. The normalized spacial score (nSPS) is 10.4. The van der Waals surface area contributed by atoms with Crippen LogP contribution in [-0.4, -0.2) is 52.0 Å². The Bertz CT molecular complexity index is 624. The summed E-state index contributed by atoms with van der Waals surface area (Å²) >= 11 is 0. The maximum absolute atomic E-state index is 12.7. The molecule has 0 aliphatic heterocycles. The minimum absolute atomic E-state index is 0.0155. The molecular weight excluding hydrogens is 580 g/mol. The van der Waals surface area contributed by atoms with Crippen LogP contribution in [0.2, 0.25) is 0 Å². The molecule has 0 fully saturated rings. The number of hydrogen-bond donors (Lipinski definition) is 3. The summed E-state index contributed by atoms with van der Waals surface area (Å²) in [6.07, 6.45) is 34.6. The van der Waals surface area contributed by atoms with E-state index in [0.29, 0.717) is 25.9 Å². The molecule has 0 unspecified atom stereocenters. The van der Waals surface area contributed by atoms with Crippen molar-refractivity contribution in [1.82, 2.24) is 4.90 Å². The number of amides is 2. The molecule has 0 aromatic rings. The van der Waals surface area contributed by atoms with Crippen molar-refractivity contribution in [2.45, 2.75) is 207 Å². The maximum Gasteiger partial charge on any atom is 0.300 e. The first kappa shape index (κ1) is 48.4. The monoisotopic (exact) mass is 657 g/mol. The van der Waals surface area contributed by atoms with Crippen LogP contribution >= 0.6 is 0 Å². The number of nitrogens with two attached hydrogens (primary N) is 1. The summed E-state index contributed by atoms with van der Waals surface area (Å²) in [5.74, 6) is -1.70. The van der Waals surface area contributed by atoms with Crippen LogP contribution in [0.1, 0.15) is 207 Å². The van der Waals surface area contributed by atoms with Crippen LogP contribution in [0, 0.1) is 0 Å². The van der Waals surface area contributed by atoms with Crippen molar-refractivity contribution in [2.24, 2.45) is 5.73 Å². The molecule has 0 aromatic heterocycles. The number of carboxylic acids is 2. The molecule has 0 rings (SSSR count). The smallest absolute Gasteiger partial charge is 0.300 e. The predicted molar refractivity (Wildman–Crippen MR) is 193 cm³/mol. The first-order valence-electron chi connectivity index (χ1n) is 19.1. The average molecular weight is 657 g/mol. The van der Waals surface area contributed by atoms with Crippen molar-refractivity contribution < 1.29 is 29.4 Å². The minimum atomic E-state index is -0.833. The van der Waals surface area contributed by atoms with Gasteiger partial charge in [-0.2, -0.15) is 0 Å². The number of unbranched alkanes of at least 4 members (excludes halogenated alkanes) is 24. The second-order valence-electron chi connectivity index (χ2n) is 12.8. The number of aliphatic carboxylic acids is 2. The topological polar surface area (TPSA) is 138 Å². The molecule has 0 spiro atoms. The number of carboxylic acid groups (broad SMARTS) is 2. The second-order valence-corrected chi connectivity index (χ2v) is 12.8. The van der Waals surface area contributed by atoms with E-state index in [1.54, 1.807) is 0 Å². The Balaban J connectivity index is -0.00000205. The molecule has 0 radical (unpaired) electrons. The lowest BCUT2D eigenvalue weighted by atomic mass is 10.0. The lowest BCUT2D eigenvalue weighted by Crippen LogP contribution is -2.40. The first-order valence-corrected chi connectivity index (χ1v) is 19.1. The molecule has 8 heteroatoms. The third-order valence-electron chi connectivity index (χ3n) is 7.94. The van der Waals surface area contributed by atoms with Gasteiger partial charge in [0.2, 0.25) is 11.8 Å². The Labute approximate surface area is 284 Å². The standard InChI is InChI=1S/C34H68N2O2.2C2H4O2/c1-3-5-7-9-11-13-15-17-19-21-23-25-27-29-33(37)36(32-31-35)34(38)30-28-26-24-22-20-18-16-14-12-10-8-6-4-2;2*1-2(3)4/h3-32,35H2,1-2H3;2*1H3,(H,3,4). The molecule has 0 aliphatic rings. The van der Waals surface area contributed by atoms with Gasteiger partial charge >= 0.3 is 0 Å². The van der Waals surface area contributed by atoms with E-state index in [-0.39, 0.29) is 11.8 Å². The summed E-state index contributed by atoms with van der Waals surface area (Å²) in [6, 6.07) is 0. The lowest BCUT2D eigenvalue weighted by molar-refractivity contribution is -0.145. The van der Waals surface area contributed by atoms with Gasteiger partial charge in [-0.15, -0.1) is 0 Å². The van der Waals surface area contributed by atoms with Crippen molar-refractivity contribution in [2.75, 3.05) is 13.1 Å². The fourth-order valence-electron chi connectivity index (χ4n) is 5.38. The summed E-state index contributed by atoms with van der Waals surface area (Å²) in [4.78, 5) is 44.8. The van der Waals surface area contributed by atoms with E-state index in [9.17, 15) is 9.59 Å². The van der Waals surface area contributed by atoms with Gasteiger partial charge in [0.05, 0.1) is 0 Å². The van der Waals surface area contributed by atoms with Crippen LogP contribution in [-0.2, 0) is 19.2 Å². The van der Waals surface area contributed by atoms with Gasteiger partial charge in [-0.1, -0.05) is 168 Å². The predicted octanol–water partition coefficient (Wildman–Crippen LogP) is 10.4. The molecule has 0 aliphatic carbocycles. The minimum Gasteiger partial charge on any atom is -0.481 e. The first-order chi connectivity index (χ1) is 22.1. The van der Waals surface area contributed by atoms with Crippen molar-refractivity contribution >= 4 is 23.8 Å². The van der Waals surface area contributed by atoms with Crippen LogP contribution in [0.4, 0.5) is 0 Å². The highest BCUT2D eigenvalue weighted by molar-refractivity contribution is 5.95. The molecule has 0 heterocycles. The Kier molecular flexibility index (Phi) is 43.2. The summed E-state index contributed by atoms with van der Waals surface area (Å²) in [5.41, 5.74) is 5.71. The quantitative estimate of drug-likeness (QED) is 0.0654. The third kappa shape index (κ3) is 46.5. The van der Waals surface area contributed by atoms with E-state index in [1.807, 2.05) is 0 Å². The van der Waals surface area contributed by atoms with Gasteiger partial charge in [-0.05, 0) is 12.8 Å². The Hall–Kier alpha value is -1.96. The Morgan fingerprint density at radius 3 is 0.826 bits per heavy atom. The molecule has 0 bridgehead atoms. The molecule has 8 nitrogen and oxygen atoms in total. The maximum atomic E-state index is 12.7. The van der Waals surface area contributed by atoms with Crippen LogP contribution in [0.15, 0.2) is 0 Å². The lowest BCUT2D eigenvalue weighted by Gasteiger charge is -2.20. The molecule has 4 N–H and O–H groups in total. The fourth-order valence-corrected chi connectivity index (χ4v) is 5.38. The Morgan fingerprint density at radius 2 is 0.630 bits per heavy atom. The average Bonchev–Trinajstić information content (AvgIpc) is 2.99. The summed E-state index contributed by atoms with van der Waals surface area (Å²) < 4.78 is 0. The van der Waals surface area contributed by atoms with Crippen molar-refractivity contribution in [1.29, 1.82) is 0 Å². The van der Waals surface area contributed by atoms with Crippen LogP contribution in [0.5, 0.6) is 0 Å². The molecule has 0 saturated heterocycles. The molecule has 0 atom stereocenters. The fraction of sp³-hybridized carbons (Fsp3) is 0.895. The van der Waals surface area contributed by atoms with Crippen molar-refractivity contribution in [3.63, 3.8) is 0 Å². The number of carbonyl (C=O) groups is 4. The highest BCUT2D eigenvalue weighted by Gasteiger charge is 2.19. The van der Waals surface area contributed by atoms with Crippen molar-refractivity contribution in [3.05, 3.63) is 0 Å². The number of imide groups is 1. The molecule has 0 saturated carbocycles. The van der Waals surface area contributed by atoms with E-state index in [2.05, 4.69) is 13.8 Å². The van der Waals surface area contributed by atoms with Crippen molar-refractivity contribution in [3.8, 4) is 0 Å². The van der Waals surface area contributed by atoms with Crippen LogP contribution < -0.4 is 5.73 Å². The zero-order chi connectivity index (χ0) is 35.1. The molecular formula is C38H76N2O6. The van der Waals surface area contributed by atoms with Crippen LogP contribution in [0.3, 0.4) is 0 Å². The largest absolute Gasteiger partial charge is 0.481 e. The van der Waals surface area contributed by atoms with Gasteiger partial charge in [-0.3, -0.25) is 24.1 Å². The van der Waals surface area contributed by atoms with Gasteiger partial charge in [0.15, 0.2) is 0 Å². The van der Waals surface area contributed by atoms with Gasteiger partial charge in [0.1, 0.15) is 0 Å². The molecule has 0 aromatic carbocycles. The third-order valence-corrected chi connectivity index (χ3v) is 7.94. The highest BCUT2D eigenvalue weighted by atomic mass is 16.4. The summed E-state index contributed by atoms with van der Waals surface area (Å²) in [7, 11) is 0. The summed E-state index contributed by atoms with van der Waals surface area (Å²) in [5, 5.41) is 14.8. The van der Waals surface area contributed by atoms with Gasteiger partial charge in [-0.25, -0.2) is 0 Å². The van der Waals surface area contributed by atoms with E-state index in [4.69, 9.17) is 25.5 Å². The zero-order valence-electron chi connectivity index (χ0n) is 30.8. The molecule has 2 amide bonds. The number of rotatable bonds is 30. The van der Waals surface area contributed by atoms with Crippen LogP contribution in [0.25, 0.3) is 0 Å². The number of carbonyl (C=O) groups excluding carboxylic acids is 2. The zero-order valence-corrected chi connectivity index (χ0v) is 30.8. The number of hydrogen-bond acceptors (Lipinski definition) is 5. The number of nitrogens with zero attached hydrogens (tertiary/aromatic N) is 1. The summed E-state index contributed by atoms with van der Waals surface area (Å²) in [6.45, 7) is 7.43. The Morgan fingerprint density at radius 1 is 0.435 bits per heavy atom. The van der Waals surface area contributed by atoms with Gasteiger partial charge in [0, 0.05) is 39.8 Å². The molecule has 274 valence electrons. The second kappa shape index (κ2) is 41.1. The van der Waals surface area contributed by atoms with E-state index < -0.39 is 11.9 Å².